The number of rotatable bonds is 6. The van der Waals surface area contributed by atoms with Crippen LogP contribution in [0.15, 0.2) is 47.8 Å². The number of hydrogen-bond acceptors (Lipinski definition) is 6. The summed E-state index contributed by atoms with van der Waals surface area (Å²) in [7, 11) is 4.83. The number of hydrogen-bond donors (Lipinski definition) is 0. The van der Waals surface area contributed by atoms with Crippen LogP contribution in [0.3, 0.4) is 0 Å². The summed E-state index contributed by atoms with van der Waals surface area (Å²) in [6.07, 6.45) is 1.60. The zero-order chi connectivity index (χ0) is 16.9. The molecule has 0 bridgehead atoms. The molecule has 0 atom stereocenters. The molecule has 0 radical (unpaired) electrons. The quantitative estimate of drug-likeness (QED) is 0.499. The van der Waals surface area contributed by atoms with E-state index in [4.69, 9.17) is 14.2 Å². The molecule has 1 aromatic heterocycles. The van der Waals surface area contributed by atoms with Gasteiger partial charge >= 0.3 is 0 Å². The van der Waals surface area contributed by atoms with Gasteiger partial charge in [-0.05, 0) is 23.8 Å². The summed E-state index contributed by atoms with van der Waals surface area (Å²) in [5.41, 5.74) is 2.01. The van der Waals surface area contributed by atoms with Gasteiger partial charge in [0.2, 0.25) is 5.75 Å². The summed E-state index contributed by atoms with van der Waals surface area (Å²) in [6, 6.07) is 11.9. The molecule has 24 heavy (non-hydrogen) atoms. The topological polar surface area (TPSA) is 53.5 Å². The molecule has 3 rings (SSSR count). The second-order valence-corrected chi connectivity index (χ2v) is 5.98. The van der Waals surface area contributed by atoms with Gasteiger partial charge in [0, 0.05) is 11.1 Å². The van der Waals surface area contributed by atoms with E-state index in [-0.39, 0.29) is 0 Å². The van der Waals surface area contributed by atoms with Crippen molar-refractivity contribution >= 4 is 22.7 Å². The van der Waals surface area contributed by atoms with Crippen molar-refractivity contribution < 1.29 is 14.2 Å². The lowest BCUT2D eigenvalue weighted by molar-refractivity contribution is 0.324. The normalized spacial score (nSPS) is 10.6. The van der Waals surface area contributed by atoms with E-state index in [0.717, 1.165) is 27.2 Å². The molecule has 0 amide bonds. The van der Waals surface area contributed by atoms with Crippen LogP contribution < -0.4 is 14.2 Å². The Balaban J connectivity index is 1.88. The zero-order valence-corrected chi connectivity index (χ0v) is 14.6. The highest BCUT2D eigenvalue weighted by Gasteiger charge is 2.14. The van der Waals surface area contributed by atoms with Gasteiger partial charge in [-0.3, -0.25) is 0 Å². The number of benzene rings is 2. The van der Waals surface area contributed by atoms with Gasteiger partial charge in [-0.2, -0.15) is 0 Å². The van der Waals surface area contributed by atoms with Gasteiger partial charge in [-0.15, -0.1) is 11.8 Å². The van der Waals surface area contributed by atoms with Gasteiger partial charge in [-0.25, -0.2) is 9.97 Å². The van der Waals surface area contributed by atoms with Crippen molar-refractivity contribution in [2.24, 2.45) is 0 Å². The van der Waals surface area contributed by atoms with Crippen molar-refractivity contribution in [3.05, 3.63) is 48.3 Å². The number of methoxy groups -OCH3 is 3. The van der Waals surface area contributed by atoms with Crippen LogP contribution in [0, 0.1) is 0 Å². The number of thioether (sulfide) groups is 1. The first-order valence-electron chi connectivity index (χ1n) is 7.38. The van der Waals surface area contributed by atoms with Crippen molar-refractivity contribution in [3.8, 4) is 17.2 Å². The second kappa shape index (κ2) is 7.40. The molecule has 2 aromatic carbocycles. The van der Waals surface area contributed by atoms with Gasteiger partial charge in [-0.1, -0.05) is 18.2 Å². The van der Waals surface area contributed by atoms with E-state index in [1.807, 2.05) is 36.4 Å². The first kappa shape index (κ1) is 16.4. The standard InChI is InChI=1S/C18H18N2O3S/c1-21-15-8-12(9-16(22-2)17(15)23-3)10-24-18-13-6-4-5-7-14(13)19-11-20-18/h4-9,11H,10H2,1-3H3. The second-order valence-electron chi connectivity index (χ2n) is 5.02. The fourth-order valence-corrected chi connectivity index (χ4v) is 3.39. The van der Waals surface area contributed by atoms with Gasteiger partial charge in [0.1, 0.15) is 11.4 Å². The summed E-state index contributed by atoms with van der Waals surface area (Å²) in [6.45, 7) is 0. The van der Waals surface area contributed by atoms with Crippen LogP contribution in [0.5, 0.6) is 17.2 Å². The van der Waals surface area contributed by atoms with Crippen LogP contribution in [0.1, 0.15) is 5.56 Å². The molecule has 0 aliphatic heterocycles. The summed E-state index contributed by atoms with van der Waals surface area (Å²) in [5.74, 6) is 2.64. The van der Waals surface area contributed by atoms with Gasteiger partial charge < -0.3 is 14.2 Å². The molecule has 1 heterocycles. The Morgan fingerprint density at radius 2 is 1.62 bits per heavy atom. The minimum atomic E-state index is 0.598. The predicted molar refractivity (Wildman–Crippen MR) is 95.2 cm³/mol. The maximum Gasteiger partial charge on any atom is 0.203 e. The van der Waals surface area contributed by atoms with Crippen molar-refractivity contribution in [3.63, 3.8) is 0 Å². The highest BCUT2D eigenvalue weighted by Crippen LogP contribution is 2.39. The Labute approximate surface area is 145 Å². The minimum Gasteiger partial charge on any atom is -0.493 e. The highest BCUT2D eigenvalue weighted by atomic mass is 32.2. The Bertz CT molecular complexity index is 824. The number of nitrogens with zero attached hydrogens (tertiary/aromatic N) is 2. The van der Waals surface area contributed by atoms with Crippen molar-refractivity contribution in [1.29, 1.82) is 0 Å². The molecule has 0 saturated heterocycles. The summed E-state index contributed by atoms with van der Waals surface area (Å²) in [5, 5.41) is 2.01. The molecular weight excluding hydrogens is 324 g/mol. The molecule has 6 heteroatoms. The van der Waals surface area contributed by atoms with Crippen LogP contribution in [0.2, 0.25) is 0 Å². The average Bonchev–Trinajstić information content (AvgIpc) is 2.65. The van der Waals surface area contributed by atoms with E-state index in [2.05, 4.69) is 9.97 Å². The van der Waals surface area contributed by atoms with Crippen molar-refractivity contribution in [2.45, 2.75) is 10.8 Å². The van der Waals surface area contributed by atoms with Crippen LogP contribution in [-0.4, -0.2) is 31.3 Å². The average molecular weight is 342 g/mol. The van der Waals surface area contributed by atoms with Gasteiger partial charge in [0.05, 0.1) is 26.8 Å². The first-order chi connectivity index (χ1) is 11.8. The maximum atomic E-state index is 5.40. The van der Waals surface area contributed by atoms with E-state index in [0.29, 0.717) is 17.2 Å². The van der Waals surface area contributed by atoms with Gasteiger partial charge in [0.15, 0.2) is 11.5 Å². The number of fused-ring (bicyclic) bond motifs is 1. The molecule has 0 unspecified atom stereocenters. The third kappa shape index (κ3) is 3.23. The molecule has 3 aromatic rings. The fraction of sp³-hybridized carbons (Fsp3) is 0.222. The monoisotopic (exact) mass is 342 g/mol. The van der Waals surface area contributed by atoms with Crippen molar-refractivity contribution in [1.82, 2.24) is 9.97 Å². The molecule has 0 aliphatic rings. The third-order valence-corrected chi connectivity index (χ3v) is 4.68. The Morgan fingerprint density at radius 1 is 0.917 bits per heavy atom. The Morgan fingerprint density at radius 3 is 2.29 bits per heavy atom. The lowest BCUT2D eigenvalue weighted by atomic mass is 10.2. The lowest BCUT2D eigenvalue weighted by Crippen LogP contribution is -1.96. The predicted octanol–water partition coefficient (Wildman–Crippen LogP) is 3.95. The molecule has 124 valence electrons. The largest absolute Gasteiger partial charge is 0.493 e. The van der Waals surface area contributed by atoms with E-state index in [1.165, 1.54) is 0 Å². The first-order valence-corrected chi connectivity index (χ1v) is 8.36. The van der Waals surface area contributed by atoms with E-state index in [9.17, 15) is 0 Å². The maximum absolute atomic E-state index is 5.40. The summed E-state index contributed by atoms with van der Waals surface area (Å²) >= 11 is 1.65. The lowest BCUT2D eigenvalue weighted by Gasteiger charge is -2.14. The number of ether oxygens (including phenoxy) is 3. The molecule has 0 saturated carbocycles. The molecule has 5 nitrogen and oxygen atoms in total. The van der Waals surface area contributed by atoms with E-state index < -0.39 is 0 Å². The summed E-state index contributed by atoms with van der Waals surface area (Å²) < 4.78 is 16.2. The van der Waals surface area contributed by atoms with Crippen LogP contribution in [0.25, 0.3) is 10.9 Å². The molecule has 0 spiro atoms. The van der Waals surface area contributed by atoms with Crippen LogP contribution >= 0.6 is 11.8 Å². The minimum absolute atomic E-state index is 0.598. The van der Waals surface area contributed by atoms with E-state index in [1.54, 1.807) is 39.4 Å². The van der Waals surface area contributed by atoms with Crippen molar-refractivity contribution in [2.75, 3.05) is 21.3 Å². The summed E-state index contributed by atoms with van der Waals surface area (Å²) in [4.78, 5) is 8.70. The smallest absolute Gasteiger partial charge is 0.203 e. The Kier molecular flexibility index (Phi) is 5.05. The van der Waals surface area contributed by atoms with Gasteiger partial charge in [0.25, 0.3) is 0 Å². The molecule has 0 N–H and O–H groups in total. The van der Waals surface area contributed by atoms with Crippen LogP contribution in [-0.2, 0) is 5.75 Å². The Hall–Kier alpha value is -2.47. The number of aromatic nitrogens is 2. The third-order valence-electron chi connectivity index (χ3n) is 3.61. The van der Waals surface area contributed by atoms with E-state index >= 15 is 0 Å². The zero-order valence-electron chi connectivity index (χ0n) is 13.8. The molecular formula is C18H18N2O3S. The highest BCUT2D eigenvalue weighted by molar-refractivity contribution is 7.98. The number of para-hydroxylation sites is 1. The fourth-order valence-electron chi connectivity index (χ4n) is 2.47. The molecule has 0 aliphatic carbocycles. The molecule has 0 fully saturated rings. The van der Waals surface area contributed by atoms with Crippen LogP contribution in [0.4, 0.5) is 0 Å². The SMILES string of the molecule is COc1cc(CSc2ncnc3ccccc23)cc(OC)c1OC.